The van der Waals surface area contributed by atoms with Crippen LogP contribution in [0.4, 0.5) is 0 Å². The molecule has 0 aliphatic rings. The Kier molecular flexibility index (Phi) is 29.9. The van der Waals surface area contributed by atoms with E-state index in [1.165, 1.54) is 173 Å². The Morgan fingerprint density at radius 1 is 0.394 bits per heavy atom. The molecule has 0 aliphatic carbocycles. The fourth-order valence-electron chi connectivity index (χ4n) is 4.93. The van der Waals surface area contributed by atoms with Gasteiger partial charge in [0.1, 0.15) is 6.23 Å². The molecule has 0 rings (SSSR count). The van der Waals surface area contributed by atoms with E-state index in [2.05, 4.69) is 12.2 Å². The van der Waals surface area contributed by atoms with Gasteiger partial charge in [-0.05, 0) is 19.9 Å². The molecule has 0 bridgehead atoms. The van der Waals surface area contributed by atoms with Crippen molar-refractivity contribution in [3.8, 4) is 0 Å². The Bertz CT molecular complexity index is 331. The summed E-state index contributed by atoms with van der Waals surface area (Å²) >= 11 is 0. The normalized spacial score (nSPS) is 12.5. The van der Waals surface area contributed by atoms with Crippen LogP contribution in [0.25, 0.3) is 0 Å². The van der Waals surface area contributed by atoms with Crippen molar-refractivity contribution in [2.75, 3.05) is 6.54 Å². The van der Waals surface area contributed by atoms with Crippen molar-refractivity contribution in [3.05, 3.63) is 0 Å². The highest BCUT2D eigenvalue weighted by Crippen LogP contribution is 2.16. The molecule has 0 spiro atoms. The van der Waals surface area contributed by atoms with E-state index in [-0.39, 0.29) is 6.23 Å². The molecule has 0 aliphatic heterocycles. The second kappa shape index (κ2) is 30.0. The maximum Gasteiger partial charge on any atom is 0.102 e. The molecule has 200 valence electrons. The second-order valence-corrected chi connectivity index (χ2v) is 10.8. The van der Waals surface area contributed by atoms with Crippen LogP contribution >= 0.6 is 0 Å². The van der Waals surface area contributed by atoms with Crippen molar-refractivity contribution in [1.82, 2.24) is 5.32 Å². The van der Waals surface area contributed by atoms with Crippen molar-refractivity contribution in [2.45, 2.75) is 193 Å². The van der Waals surface area contributed by atoms with Crippen LogP contribution in [0.3, 0.4) is 0 Å². The smallest absolute Gasteiger partial charge is 0.102 e. The van der Waals surface area contributed by atoms with Crippen molar-refractivity contribution >= 4 is 0 Å². The molecule has 1 atom stereocenters. The molecular formula is C31H65NO. The van der Waals surface area contributed by atoms with Crippen LogP contribution in [0, 0.1) is 0 Å². The molecule has 0 amide bonds. The first kappa shape index (κ1) is 32.9. The molecule has 0 aromatic rings. The van der Waals surface area contributed by atoms with Gasteiger partial charge >= 0.3 is 0 Å². The minimum Gasteiger partial charge on any atom is -0.379 e. The standard InChI is InChI=1S/C31H65NO/c1-3-4-5-6-7-8-9-10-11-12-13-14-15-16-17-18-19-20-21-22-23-24-25-26-27-28-29-30-32-31(2)33/h31-33H,3-30H2,1-2H3. The number of aliphatic hydroxyl groups is 1. The fourth-order valence-corrected chi connectivity index (χ4v) is 4.93. The van der Waals surface area contributed by atoms with E-state index in [4.69, 9.17) is 5.11 Å². The quantitative estimate of drug-likeness (QED) is 0.0846. The summed E-state index contributed by atoms with van der Waals surface area (Å²) in [6.07, 6.45) is 38.6. The number of aliphatic hydroxyl groups excluding tert-OH is 1. The number of hydrogen-bond donors (Lipinski definition) is 2. The first-order valence-corrected chi connectivity index (χ1v) is 15.7. The third-order valence-electron chi connectivity index (χ3n) is 7.22. The minimum absolute atomic E-state index is 0.353. The molecule has 0 aromatic carbocycles. The summed E-state index contributed by atoms with van der Waals surface area (Å²) in [5.74, 6) is 0. The number of unbranched alkanes of at least 4 members (excludes halogenated alkanes) is 26. The van der Waals surface area contributed by atoms with Crippen LogP contribution in [-0.2, 0) is 0 Å². The topological polar surface area (TPSA) is 32.3 Å². The van der Waals surface area contributed by atoms with Crippen molar-refractivity contribution in [2.24, 2.45) is 0 Å². The molecule has 2 N–H and O–H groups in total. The van der Waals surface area contributed by atoms with E-state index in [1.54, 1.807) is 6.92 Å². The lowest BCUT2D eigenvalue weighted by atomic mass is 10.0. The summed E-state index contributed by atoms with van der Waals surface area (Å²) < 4.78 is 0. The lowest BCUT2D eigenvalue weighted by Crippen LogP contribution is -2.26. The van der Waals surface area contributed by atoms with Gasteiger partial charge in [-0.15, -0.1) is 0 Å². The zero-order valence-electron chi connectivity index (χ0n) is 23.3. The van der Waals surface area contributed by atoms with Gasteiger partial charge in [0.2, 0.25) is 0 Å². The summed E-state index contributed by atoms with van der Waals surface area (Å²) in [4.78, 5) is 0. The first-order chi connectivity index (χ1) is 16.3. The predicted molar refractivity (Wildman–Crippen MR) is 150 cm³/mol. The van der Waals surface area contributed by atoms with Crippen LogP contribution in [0.2, 0.25) is 0 Å². The van der Waals surface area contributed by atoms with E-state index < -0.39 is 0 Å². The summed E-state index contributed by atoms with van der Waals surface area (Å²) in [6, 6.07) is 0. The number of nitrogens with one attached hydrogen (secondary N) is 1. The molecule has 2 heteroatoms. The van der Waals surface area contributed by atoms with Crippen LogP contribution in [0.15, 0.2) is 0 Å². The van der Waals surface area contributed by atoms with Gasteiger partial charge in [-0.1, -0.05) is 174 Å². The third kappa shape index (κ3) is 31.9. The monoisotopic (exact) mass is 468 g/mol. The largest absolute Gasteiger partial charge is 0.379 e. The first-order valence-electron chi connectivity index (χ1n) is 15.7. The second-order valence-electron chi connectivity index (χ2n) is 10.8. The Labute approximate surface area is 210 Å². The van der Waals surface area contributed by atoms with Crippen LogP contribution in [0.5, 0.6) is 0 Å². The van der Waals surface area contributed by atoms with Gasteiger partial charge in [-0.3, -0.25) is 5.32 Å². The van der Waals surface area contributed by atoms with E-state index in [0.29, 0.717) is 0 Å². The average Bonchev–Trinajstić information content (AvgIpc) is 2.80. The van der Waals surface area contributed by atoms with Crippen LogP contribution in [-0.4, -0.2) is 17.9 Å². The van der Waals surface area contributed by atoms with E-state index >= 15 is 0 Å². The van der Waals surface area contributed by atoms with Crippen molar-refractivity contribution in [1.29, 1.82) is 0 Å². The molecule has 1 unspecified atom stereocenters. The zero-order valence-corrected chi connectivity index (χ0v) is 23.3. The Balaban J connectivity index is 3.00. The molecular weight excluding hydrogens is 402 g/mol. The summed E-state index contributed by atoms with van der Waals surface area (Å²) in [5.41, 5.74) is 0. The Morgan fingerprint density at radius 2 is 0.606 bits per heavy atom. The summed E-state index contributed by atoms with van der Waals surface area (Å²) in [6.45, 7) is 5.05. The van der Waals surface area contributed by atoms with Gasteiger partial charge in [0.15, 0.2) is 0 Å². The highest BCUT2D eigenvalue weighted by Gasteiger charge is 1.97. The molecule has 2 nitrogen and oxygen atoms in total. The number of rotatable bonds is 29. The van der Waals surface area contributed by atoms with E-state index in [1.807, 2.05) is 0 Å². The SMILES string of the molecule is CCCCCCCCCCCCCCCCCCCCCCCCCCCCCNC(C)O. The van der Waals surface area contributed by atoms with Crippen molar-refractivity contribution in [3.63, 3.8) is 0 Å². The zero-order chi connectivity index (χ0) is 24.1. The summed E-state index contributed by atoms with van der Waals surface area (Å²) in [5, 5.41) is 12.2. The average molecular weight is 468 g/mol. The summed E-state index contributed by atoms with van der Waals surface area (Å²) in [7, 11) is 0. The lowest BCUT2D eigenvalue weighted by Gasteiger charge is -2.06. The third-order valence-corrected chi connectivity index (χ3v) is 7.22. The fraction of sp³-hybridized carbons (Fsp3) is 1.00. The Hall–Kier alpha value is -0.0800. The van der Waals surface area contributed by atoms with Gasteiger partial charge in [0, 0.05) is 0 Å². The Morgan fingerprint density at radius 3 is 0.818 bits per heavy atom. The van der Waals surface area contributed by atoms with E-state index in [0.717, 1.165) is 6.54 Å². The molecule has 0 saturated heterocycles. The molecule has 0 fully saturated rings. The maximum atomic E-state index is 9.14. The number of hydrogen-bond acceptors (Lipinski definition) is 2. The van der Waals surface area contributed by atoms with Gasteiger partial charge in [-0.2, -0.15) is 0 Å². The lowest BCUT2D eigenvalue weighted by molar-refractivity contribution is 0.156. The van der Waals surface area contributed by atoms with Gasteiger partial charge in [-0.25, -0.2) is 0 Å². The van der Waals surface area contributed by atoms with Crippen LogP contribution in [0.1, 0.15) is 187 Å². The maximum absolute atomic E-state index is 9.14. The van der Waals surface area contributed by atoms with Gasteiger partial charge in [0.05, 0.1) is 0 Å². The molecule has 0 aromatic heterocycles. The van der Waals surface area contributed by atoms with Crippen LogP contribution < -0.4 is 5.32 Å². The van der Waals surface area contributed by atoms with E-state index in [9.17, 15) is 0 Å². The molecule has 0 radical (unpaired) electrons. The van der Waals surface area contributed by atoms with Crippen molar-refractivity contribution < 1.29 is 5.11 Å². The molecule has 33 heavy (non-hydrogen) atoms. The predicted octanol–water partition coefficient (Wildman–Crippen LogP) is 10.5. The molecule has 0 saturated carbocycles. The highest BCUT2D eigenvalue weighted by atomic mass is 16.3. The minimum atomic E-state index is -0.353. The highest BCUT2D eigenvalue weighted by molar-refractivity contribution is 4.53. The van der Waals surface area contributed by atoms with Gasteiger partial charge in [0.25, 0.3) is 0 Å². The van der Waals surface area contributed by atoms with Gasteiger partial charge < -0.3 is 5.11 Å². The molecule has 0 heterocycles.